The lowest BCUT2D eigenvalue weighted by molar-refractivity contribution is 0.269. The molecule has 1 aromatic carbocycles. The normalized spacial score (nSPS) is 9.73. The van der Waals surface area contributed by atoms with E-state index in [1.807, 2.05) is 19.9 Å². The number of hydrogen-bond donors (Lipinski definition) is 1. The van der Waals surface area contributed by atoms with E-state index in [0.29, 0.717) is 11.3 Å². The average Bonchev–Trinajstić information content (AvgIpc) is 2.16. The van der Waals surface area contributed by atoms with Crippen LogP contribution in [0.15, 0.2) is 24.3 Å². The first kappa shape index (κ1) is 11.6. The Bertz CT molecular complexity index is 396. The van der Waals surface area contributed by atoms with Crippen LogP contribution < -0.4 is 5.32 Å². The van der Waals surface area contributed by atoms with Gasteiger partial charge in [-0.1, -0.05) is 31.7 Å². The van der Waals surface area contributed by atoms with E-state index in [-0.39, 0.29) is 10.5 Å². The maximum Gasteiger partial charge on any atom is 0.283 e. The molecule has 1 amide bonds. The van der Waals surface area contributed by atoms with Gasteiger partial charge < -0.3 is 5.32 Å². The first-order valence-corrected chi connectivity index (χ1v) is 5.47. The summed E-state index contributed by atoms with van der Waals surface area (Å²) in [6, 6.07) is 8.88. The molecule has 4 heteroatoms. The summed E-state index contributed by atoms with van der Waals surface area (Å²) in [5.41, 5.74) is 1.20. The highest BCUT2D eigenvalue weighted by Crippen LogP contribution is 2.16. The Kier molecular flexibility index (Phi) is 4.19. The molecule has 0 bridgehead atoms. The van der Waals surface area contributed by atoms with Crippen LogP contribution in [-0.4, -0.2) is 10.5 Å². The lowest BCUT2D eigenvalue weighted by Crippen LogP contribution is -2.07. The maximum absolute atomic E-state index is 11.4. The van der Waals surface area contributed by atoms with E-state index in [1.54, 1.807) is 24.3 Å². The number of anilines is 1. The van der Waals surface area contributed by atoms with Gasteiger partial charge >= 0.3 is 0 Å². The van der Waals surface area contributed by atoms with E-state index in [2.05, 4.69) is 5.32 Å². The van der Waals surface area contributed by atoms with Gasteiger partial charge in [-0.3, -0.25) is 4.79 Å². The number of benzene rings is 1. The number of carbonyl (C=O) groups is 1. The fraction of sp³-hybridized carbons (Fsp3) is 0.273. The minimum absolute atomic E-state index is 0.0971. The van der Waals surface area contributed by atoms with Gasteiger partial charge in [-0.25, -0.2) is 0 Å². The van der Waals surface area contributed by atoms with Crippen molar-refractivity contribution in [2.45, 2.75) is 19.1 Å². The Balaban J connectivity index is 2.65. The van der Waals surface area contributed by atoms with Crippen molar-refractivity contribution < 1.29 is 4.79 Å². The summed E-state index contributed by atoms with van der Waals surface area (Å²) < 4.78 is 0. The highest BCUT2D eigenvalue weighted by atomic mass is 32.2. The summed E-state index contributed by atoms with van der Waals surface area (Å²) >= 11 is 1.23. The molecule has 0 atom stereocenters. The highest BCUT2D eigenvalue weighted by Gasteiger charge is 2.05. The van der Waals surface area contributed by atoms with Gasteiger partial charge in [0, 0.05) is 10.9 Å². The molecule has 15 heavy (non-hydrogen) atoms. The molecule has 0 fully saturated rings. The van der Waals surface area contributed by atoms with Gasteiger partial charge in [0.05, 0.1) is 11.6 Å². The molecule has 0 heterocycles. The van der Waals surface area contributed by atoms with Crippen LogP contribution in [0.4, 0.5) is 10.5 Å². The van der Waals surface area contributed by atoms with Crippen molar-refractivity contribution in [3.63, 3.8) is 0 Å². The Hall–Kier alpha value is -1.47. The van der Waals surface area contributed by atoms with Gasteiger partial charge in [0.15, 0.2) is 0 Å². The summed E-state index contributed by atoms with van der Waals surface area (Å²) in [4.78, 5) is 11.4. The van der Waals surface area contributed by atoms with Gasteiger partial charge in [-0.05, 0) is 18.2 Å². The molecule has 0 aliphatic heterocycles. The van der Waals surface area contributed by atoms with Gasteiger partial charge in [0.2, 0.25) is 0 Å². The molecular formula is C11H12N2OS. The van der Waals surface area contributed by atoms with Crippen LogP contribution in [0.2, 0.25) is 0 Å². The SMILES string of the molecule is CC(C)SC(=O)Nc1cccc(C#N)c1. The minimum atomic E-state index is -0.0971. The Morgan fingerprint density at radius 3 is 2.87 bits per heavy atom. The predicted molar refractivity (Wildman–Crippen MR) is 62.9 cm³/mol. The summed E-state index contributed by atoms with van der Waals surface area (Å²) in [5, 5.41) is 11.6. The molecule has 0 aliphatic carbocycles. The van der Waals surface area contributed by atoms with Crippen molar-refractivity contribution in [2.75, 3.05) is 5.32 Å². The van der Waals surface area contributed by atoms with E-state index >= 15 is 0 Å². The quantitative estimate of drug-likeness (QED) is 0.832. The number of nitriles is 1. The van der Waals surface area contributed by atoms with Crippen molar-refractivity contribution in [2.24, 2.45) is 0 Å². The number of hydrogen-bond acceptors (Lipinski definition) is 3. The second-order valence-electron chi connectivity index (χ2n) is 3.27. The fourth-order valence-electron chi connectivity index (χ4n) is 1.03. The average molecular weight is 220 g/mol. The van der Waals surface area contributed by atoms with E-state index < -0.39 is 0 Å². The zero-order chi connectivity index (χ0) is 11.3. The molecule has 0 spiro atoms. The van der Waals surface area contributed by atoms with Crippen LogP contribution >= 0.6 is 11.8 Å². The number of thioether (sulfide) groups is 1. The second kappa shape index (κ2) is 5.42. The molecule has 0 unspecified atom stereocenters. The summed E-state index contributed by atoms with van der Waals surface area (Å²) in [6.07, 6.45) is 0. The summed E-state index contributed by atoms with van der Waals surface area (Å²) in [6.45, 7) is 3.91. The molecular weight excluding hydrogens is 208 g/mol. The molecule has 78 valence electrons. The third-order valence-electron chi connectivity index (χ3n) is 1.58. The standard InChI is InChI=1S/C11H12N2OS/c1-8(2)15-11(14)13-10-5-3-4-9(6-10)7-12/h3-6,8H,1-2H3,(H,13,14). The van der Waals surface area contributed by atoms with Crippen molar-refractivity contribution in [3.8, 4) is 6.07 Å². The third kappa shape index (κ3) is 4.05. The monoisotopic (exact) mass is 220 g/mol. The molecule has 1 aromatic rings. The van der Waals surface area contributed by atoms with Crippen molar-refractivity contribution in [1.29, 1.82) is 5.26 Å². The lowest BCUT2D eigenvalue weighted by atomic mass is 10.2. The smallest absolute Gasteiger partial charge is 0.283 e. The van der Waals surface area contributed by atoms with E-state index in [1.165, 1.54) is 11.8 Å². The number of nitrogens with one attached hydrogen (secondary N) is 1. The van der Waals surface area contributed by atoms with Gasteiger partial charge in [-0.15, -0.1) is 0 Å². The van der Waals surface area contributed by atoms with Crippen LogP contribution in [-0.2, 0) is 0 Å². The first-order valence-electron chi connectivity index (χ1n) is 4.59. The molecule has 1 rings (SSSR count). The molecule has 0 saturated carbocycles. The van der Waals surface area contributed by atoms with Crippen molar-refractivity contribution >= 4 is 22.7 Å². The number of rotatable bonds is 2. The zero-order valence-corrected chi connectivity index (χ0v) is 9.47. The fourth-order valence-corrected chi connectivity index (χ4v) is 1.63. The second-order valence-corrected chi connectivity index (χ2v) is 4.82. The number of amides is 1. The zero-order valence-electron chi connectivity index (χ0n) is 8.65. The first-order chi connectivity index (χ1) is 7.11. The Labute approximate surface area is 93.5 Å². The van der Waals surface area contributed by atoms with Crippen LogP contribution in [0.5, 0.6) is 0 Å². The maximum atomic E-state index is 11.4. The number of nitrogens with zero attached hydrogens (tertiary/aromatic N) is 1. The van der Waals surface area contributed by atoms with Crippen LogP contribution in [0.1, 0.15) is 19.4 Å². The highest BCUT2D eigenvalue weighted by molar-refractivity contribution is 8.14. The topological polar surface area (TPSA) is 52.9 Å². The largest absolute Gasteiger partial charge is 0.317 e. The molecule has 3 nitrogen and oxygen atoms in total. The summed E-state index contributed by atoms with van der Waals surface area (Å²) in [7, 11) is 0. The molecule has 0 aliphatic rings. The van der Waals surface area contributed by atoms with Gasteiger partial charge in [-0.2, -0.15) is 5.26 Å². The lowest BCUT2D eigenvalue weighted by Gasteiger charge is -2.06. The molecule has 0 aromatic heterocycles. The Morgan fingerprint density at radius 1 is 1.53 bits per heavy atom. The molecule has 1 N–H and O–H groups in total. The van der Waals surface area contributed by atoms with E-state index in [0.717, 1.165) is 0 Å². The van der Waals surface area contributed by atoms with Crippen LogP contribution in [0, 0.1) is 11.3 Å². The molecule has 0 saturated heterocycles. The van der Waals surface area contributed by atoms with Gasteiger partial charge in [0.25, 0.3) is 5.24 Å². The van der Waals surface area contributed by atoms with Crippen molar-refractivity contribution in [1.82, 2.24) is 0 Å². The van der Waals surface area contributed by atoms with Crippen LogP contribution in [0.25, 0.3) is 0 Å². The predicted octanol–water partition coefficient (Wildman–Crippen LogP) is 3.23. The minimum Gasteiger partial charge on any atom is -0.317 e. The van der Waals surface area contributed by atoms with Crippen molar-refractivity contribution in [3.05, 3.63) is 29.8 Å². The Morgan fingerprint density at radius 2 is 2.27 bits per heavy atom. The summed E-state index contributed by atoms with van der Waals surface area (Å²) in [5.74, 6) is 0. The molecule has 0 radical (unpaired) electrons. The van der Waals surface area contributed by atoms with E-state index in [9.17, 15) is 4.79 Å². The van der Waals surface area contributed by atoms with E-state index in [4.69, 9.17) is 5.26 Å². The third-order valence-corrected chi connectivity index (χ3v) is 2.37. The van der Waals surface area contributed by atoms with Crippen LogP contribution in [0.3, 0.4) is 0 Å². The van der Waals surface area contributed by atoms with Gasteiger partial charge in [0.1, 0.15) is 0 Å². The number of carbonyl (C=O) groups excluding carboxylic acids is 1.